The predicted octanol–water partition coefficient (Wildman–Crippen LogP) is 0.852. The van der Waals surface area contributed by atoms with Gasteiger partial charge in [-0.15, -0.1) is 0 Å². The molecule has 2 aliphatic heterocycles. The van der Waals surface area contributed by atoms with Crippen LogP contribution in [0.4, 0.5) is 0 Å². The van der Waals surface area contributed by atoms with Crippen LogP contribution in [0.1, 0.15) is 28.8 Å². The van der Waals surface area contributed by atoms with E-state index in [0.717, 1.165) is 12.0 Å². The second kappa shape index (κ2) is 6.04. The third-order valence-electron chi connectivity index (χ3n) is 4.53. The van der Waals surface area contributed by atoms with E-state index < -0.39 is 0 Å². The maximum absolute atomic E-state index is 12.7. The number of hydrogen-bond acceptors (Lipinski definition) is 4. The summed E-state index contributed by atoms with van der Waals surface area (Å²) < 4.78 is 5.07. The lowest BCUT2D eigenvalue weighted by molar-refractivity contribution is -0.129. The molecule has 118 valence electrons. The molecular weight excluding hydrogens is 282 g/mol. The first-order valence-corrected chi connectivity index (χ1v) is 7.63. The van der Waals surface area contributed by atoms with Crippen molar-refractivity contribution >= 4 is 11.8 Å². The minimum atomic E-state index is -0.0231. The molecule has 2 amide bonds. The lowest BCUT2D eigenvalue weighted by Crippen LogP contribution is -2.40. The van der Waals surface area contributed by atoms with Crippen molar-refractivity contribution in [1.82, 2.24) is 14.8 Å². The summed E-state index contributed by atoms with van der Waals surface area (Å²) in [6.45, 7) is 3.75. The lowest BCUT2D eigenvalue weighted by Gasteiger charge is -2.25. The Kier molecular flexibility index (Phi) is 4.11. The van der Waals surface area contributed by atoms with Gasteiger partial charge in [-0.05, 0) is 25.0 Å². The van der Waals surface area contributed by atoms with Gasteiger partial charge in [-0.25, -0.2) is 0 Å². The topological polar surface area (TPSA) is 62.7 Å². The quantitative estimate of drug-likeness (QED) is 0.827. The Morgan fingerprint density at radius 3 is 2.95 bits per heavy atom. The number of aryl methyl sites for hydroxylation is 1. The molecule has 3 rings (SSSR count). The molecule has 6 nitrogen and oxygen atoms in total. The number of nitrogens with zero attached hydrogens (tertiary/aromatic N) is 3. The van der Waals surface area contributed by atoms with Gasteiger partial charge in [-0.1, -0.05) is 0 Å². The SMILES string of the molecule is COCCN1C(=O)C[C@H]2[C@H]1CCN2C(=O)c1cncc(C)c1. The first kappa shape index (κ1) is 15.0. The van der Waals surface area contributed by atoms with Crippen LogP contribution in [0.15, 0.2) is 18.5 Å². The molecule has 2 atom stereocenters. The minimum Gasteiger partial charge on any atom is -0.383 e. The smallest absolute Gasteiger partial charge is 0.255 e. The van der Waals surface area contributed by atoms with Crippen molar-refractivity contribution in [1.29, 1.82) is 0 Å². The summed E-state index contributed by atoms with van der Waals surface area (Å²) in [5.74, 6) is 0.0945. The first-order chi connectivity index (χ1) is 10.6. The third kappa shape index (κ3) is 2.59. The zero-order chi connectivity index (χ0) is 15.7. The molecule has 0 radical (unpaired) electrons. The maximum Gasteiger partial charge on any atom is 0.255 e. The van der Waals surface area contributed by atoms with Crippen molar-refractivity contribution in [2.24, 2.45) is 0 Å². The second-order valence-corrected chi connectivity index (χ2v) is 5.96. The fourth-order valence-corrected chi connectivity index (χ4v) is 3.50. The molecule has 0 spiro atoms. The summed E-state index contributed by atoms with van der Waals surface area (Å²) in [5, 5.41) is 0. The summed E-state index contributed by atoms with van der Waals surface area (Å²) in [6, 6.07) is 1.96. The monoisotopic (exact) mass is 303 g/mol. The van der Waals surface area contributed by atoms with Crippen molar-refractivity contribution in [3.05, 3.63) is 29.6 Å². The van der Waals surface area contributed by atoms with Gasteiger partial charge in [-0.2, -0.15) is 0 Å². The van der Waals surface area contributed by atoms with Gasteiger partial charge in [0.1, 0.15) is 0 Å². The Bertz CT molecular complexity index is 590. The van der Waals surface area contributed by atoms with Gasteiger partial charge < -0.3 is 14.5 Å². The van der Waals surface area contributed by atoms with Gasteiger partial charge in [0.05, 0.1) is 24.3 Å². The van der Waals surface area contributed by atoms with Crippen molar-refractivity contribution in [2.45, 2.75) is 31.8 Å². The summed E-state index contributed by atoms with van der Waals surface area (Å²) >= 11 is 0. The second-order valence-electron chi connectivity index (χ2n) is 5.96. The normalized spacial score (nSPS) is 24.0. The lowest BCUT2D eigenvalue weighted by atomic mass is 10.1. The highest BCUT2D eigenvalue weighted by Crippen LogP contribution is 2.33. The molecule has 2 aliphatic rings. The van der Waals surface area contributed by atoms with E-state index in [2.05, 4.69) is 4.98 Å². The van der Waals surface area contributed by atoms with Crippen LogP contribution in [0.5, 0.6) is 0 Å². The van der Waals surface area contributed by atoms with Crippen LogP contribution in [0.25, 0.3) is 0 Å². The van der Waals surface area contributed by atoms with Crippen molar-refractivity contribution in [2.75, 3.05) is 26.8 Å². The zero-order valence-corrected chi connectivity index (χ0v) is 13.0. The number of likely N-dealkylation sites (tertiary alicyclic amines) is 2. The van der Waals surface area contributed by atoms with Crippen LogP contribution < -0.4 is 0 Å². The molecule has 3 heterocycles. The molecule has 6 heteroatoms. The van der Waals surface area contributed by atoms with E-state index in [0.29, 0.717) is 31.7 Å². The fourth-order valence-electron chi connectivity index (χ4n) is 3.50. The Hall–Kier alpha value is -1.95. The average molecular weight is 303 g/mol. The minimum absolute atomic E-state index is 0.0163. The molecule has 1 aromatic heterocycles. The highest BCUT2D eigenvalue weighted by atomic mass is 16.5. The van der Waals surface area contributed by atoms with Crippen LogP contribution in [0, 0.1) is 6.92 Å². The number of hydrogen-bond donors (Lipinski definition) is 0. The Labute approximate surface area is 130 Å². The molecular formula is C16H21N3O3. The van der Waals surface area contributed by atoms with Gasteiger partial charge in [0.2, 0.25) is 5.91 Å². The van der Waals surface area contributed by atoms with E-state index in [-0.39, 0.29) is 23.9 Å². The van der Waals surface area contributed by atoms with Crippen molar-refractivity contribution in [3.8, 4) is 0 Å². The van der Waals surface area contributed by atoms with Crippen molar-refractivity contribution < 1.29 is 14.3 Å². The number of ether oxygens (including phenoxy) is 1. The highest BCUT2D eigenvalue weighted by Gasteiger charge is 2.48. The number of methoxy groups -OCH3 is 1. The predicted molar refractivity (Wildman–Crippen MR) is 80.4 cm³/mol. The molecule has 0 unspecified atom stereocenters. The van der Waals surface area contributed by atoms with E-state index in [9.17, 15) is 9.59 Å². The Balaban J connectivity index is 1.75. The molecule has 22 heavy (non-hydrogen) atoms. The van der Waals surface area contributed by atoms with E-state index in [1.165, 1.54) is 0 Å². The first-order valence-electron chi connectivity index (χ1n) is 7.63. The van der Waals surface area contributed by atoms with Crippen LogP contribution in [0.2, 0.25) is 0 Å². The van der Waals surface area contributed by atoms with Crippen LogP contribution in [0.3, 0.4) is 0 Å². The molecule has 2 fully saturated rings. The number of rotatable bonds is 4. The standard InChI is InChI=1S/C16H21N3O3/c1-11-7-12(10-17-9-11)16(21)19-4-3-13-14(19)8-15(20)18(13)5-6-22-2/h7,9-10,13-14H,3-6,8H2,1-2H3/t13-,14+/m1/s1. The van der Waals surface area contributed by atoms with Crippen LogP contribution >= 0.6 is 0 Å². The average Bonchev–Trinajstić information content (AvgIpc) is 3.03. The van der Waals surface area contributed by atoms with E-state index in [1.54, 1.807) is 19.5 Å². The summed E-state index contributed by atoms with van der Waals surface area (Å²) in [4.78, 5) is 32.7. The summed E-state index contributed by atoms with van der Waals surface area (Å²) in [5.41, 5.74) is 1.56. The zero-order valence-electron chi connectivity index (χ0n) is 13.0. The molecule has 0 saturated carbocycles. The number of aromatic nitrogens is 1. The molecule has 0 aromatic carbocycles. The van der Waals surface area contributed by atoms with Gasteiger partial charge >= 0.3 is 0 Å². The Morgan fingerprint density at radius 2 is 2.23 bits per heavy atom. The van der Waals surface area contributed by atoms with Gasteiger partial charge in [0.15, 0.2) is 0 Å². The van der Waals surface area contributed by atoms with E-state index in [4.69, 9.17) is 4.74 Å². The van der Waals surface area contributed by atoms with Crippen LogP contribution in [-0.2, 0) is 9.53 Å². The number of fused-ring (bicyclic) bond motifs is 1. The van der Waals surface area contributed by atoms with Crippen LogP contribution in [-0.4, -0.2) is 65.5 Å². The van der Waals surface area contributed by atoms with E-state index in [1.807, 2.05) is 22.8 Å². The van der Waals surface area contributed by atoms with Gasteiger partial charge in [0.25, 0.3) is 5.91 Å². The number of carbonyl (C=O) groups excluding carboxylic acids is 2. The molecule has 2 saturated heterocycles. The molecule has 1 aromatic rings. The number of amides is 2. The third-order valence-corrected chi connectivity index (χ3v) is 4.53. The Morgan fingerprint density at radius 1 is 1.41 bits per heavy atom. The maximum atomic E-state index is 12.7. The highest BCUT2D eigenvalue weighted by molar-refractivity contribution is 5.95. The van der Waals surface area contributed by atoms with Gasteiger partial charge in [0, 0.05) is 39.0 Å². The number of pyridine rings is 1. The summed E-state index contributed by atoms with van der Waals surface area (Å²) in [7, 11) is 1.63. The number of carbonyl (C=O) groups is 2. The van der Waals surface area contributed by atoms with Gasteiger partial charge in [-0.3, -0.25) is 14.6 Å². The van der Waals surface area contributed by atoms with Crippen molar-refractivity contribution in [3.63, 3.8) is 0 Å². The summed E-state index contributed by atoms with van der Waals surface area (Å²) in [6.07, 6.45) is 4.59. The molecule has 0 N–H and O–H groups in total. The largest absolute Gasteiger partial charge is 0.383 e. The molecule has 0 bridgehead atoms. The molecule has 0 aliphatic carbocycles. The van der Waals surface area contributed by atoms with E-state index >= 15 is 0 Å². The fraction of sp³-hybridized carbons (Fsp3) is 0.562.